The van der Waals surface area contributed by atoms with Crippen molar-refractivity contribution in [3.8, 4) is 0 Å². The number of benzene rings is 1. The van der Waals surface area contributed by atoms with Crippen LogP contribution in [0.1, 0.15) is 22.0 Å². The highest BCUT2D eigenvalue weighted by Crippen LogP contribution is 2.16. The molecule has 0 aromatic heterocycles. The lowest BCUT2D eigenvalue weighted by Crippen LogP contribution is -2.23. The average molecular weight is 198 g/mol. The van der Waals surface area contributed by atoms with E-state index < -0.39 is 17.8 Å². The maximum absolute atomic E-state index is 12.7. The van der Waals surface area contributed by atoms with Crippen LogP contribution in [0.2, 0.25) is 0 Å². The van der Waals surface area contributed by atoms with Crippen molar-refractivity contribution < 1.29 is 14.3 Å². The molecule has 0 aliphatic rings. The number of aromatic carboxylic acids is 1. The standard InChI is InChI=1S/C9H11FN2O2/c10-5-1-2-6(8(12)4-11)7(3-5)9(13)14/h1-3,8H,4,11-12H2,(H,13,14). The van der Waals surface area contributed by atoms with Crippen LogP contribution in [0, 0.1) is 5.82 Å². The molecule has 0 aliphatic heterocycles. The van der Waals surface area contributed by atoms with Crippen LogP contribution in [0.15, 0.2) is 18.2 Å². The molecule has 0 aliphatic carbocycles. The van der Waals surface area contributed by atoms with E-state index in [1.807, 2.05) is 0 Å². The third kappa shape index (κ3) is 2.07. The van der Waals surface area contributed by atoms with Gasteiger partial charge in [0.25, 0.3) is 0 Å². The molecule has 1 aromatic rings. The Morgan fingerprint density at radius 1 is 1.57 bits per heavy atom. The number of carbonyl (C=O) groups is 1. The van der Waals surface area contributed by atoms with Gasteiger partial charge in [0.2, 0.25) is 0 Å². The summed E-state index contributed by atoms with van der Waals surface area (Å²) in [6, 6.07) is 2.86. The molecule has 14 heavy (non-hydrogen) atoms. The Bertz CT molecular complexity index is 355. The molecular weight excluding hydrogens is 187 g/mol. The molecule has 1 aromatic carbocycles. The fourth-order valence-electron chi connectivity index (χ4n) is 1.16. The van der Waals surface area contributed by atoms with Gasteiger partial charge in [0.05, 0.1) is 5.56 Å². The molecule has 5 N–H and O–H groups in total. The van der Waals surface area contributed by atoms with Gasteiger partial charge in [-0.1, -0.05) is 6.07 Å². The fourth-order valence-corrected chi connectivity index (χ4v) is 1.16. The topological polar surface area (TPSA) is 89.3 Å². The summed E-state index contributed by atoms with van der Waals surface area (Å²) in [4.78, 5) is 10.7. The molecule has 1 rings (SSSR count). The normalized spacial score (nSPS) is 12.5. The Labute approximate surface area is 80.3 Å². The number of halogens is 1. The molecule has 1 unspecified atom stereocenters. The van der Waals surface area contributed by atoms with Gasteiger partial charge in [0, 0.05) is 12.6 Å². The number of carboxylic acids is 1. The summed E-state index contributed by atoms with van der Waals surface area (Å²) in [6.45, 7) is 0.117. The predicted octanol–water partition coefficient (Wildman–Crippen LogP) is 0.482. The SMILES string of the molecule is NCC(N)c1ccc(F)cc1C(=O)O. The van der Waals surface area contributed by atoms with Crippen LogP contribution in [0.3, 0.4) is 0 Å². The first-order chi connectivity index (χ1) is 6.56. The van der Waals surface area contributed by atoms with Crippen molar-refractivity contribution >= 4 is 5.97 Å². The smallest absolute Gasteiger partial charge is 0.336 e. The molecule has 0 fully saturated rings. The van der Waals surface area contributed by atoms with Gasteiger partial charge in [-0.2, -0.15) is 0 Å². The lowest BCUT2D eigenvalue weighted by molar-refractivity contribution is 0.0694. The van der Waals surface area contributed by atoms with Gasteiger partial charge in [-0.3, -0.25) is 0 Å². The van der Waals surface area contributed by atoms with E-state index in [-0.39, 0.29) is 12.1 Å². The van der Waals surface area contributed by atoms with E-state index in [4.69, 9.17) is 16.6 Å². The highest BCUT2D eigenvalue weighted by atomic mass is 19.1. The van der Waals surface area contributed by atoms with Crippen molar-refractivity contribution in [3.63, 3.8) is 0 Å². The molecule has 0 bridgehead atoms. The van der Waals surface area contributed by atoms with Gasteiger partial charge in [0.1, 0.15) is 5.82 Å². The van der Waals surface area contributed by atoms with Gasteiger partial charge in [-0.05, 0) is 17.7 Å². The molecule has 76 valence electrons. The minimum absolute atomic E-state index is 0.117. The van der Waals surface area contributed by atoms with Gasteiger partial charge < -0.3 is 16.6 Å². The quantitative estimate of drug-likeness (QED) is 0.659. The summed E-state index contributed by atoms with van der Waals surface area (Å²) in [5.74, 6) is -1.81. The van der Waals surface area contributed by atoms with Crippen LogP contribution in [-0.2, 0) is 0 Å². The molecule has 0 spiro atoms. The Morgan fingerprint density at radius 3 is 2.71 bits per heavy atom. The van der Waals surface area contributed by atoms with Gasteiger partial charge in [-0.15, -0.1) is 0 Å². The molecule has 5 heteroatoms. The van der Waals surface area contributed by atoms with Crippen molar-refractivity contribution in [3.05, 3.63) is 35.1 Å². The number of hydrogen-bond acceptors (Lipinski definition) is 3. The second-order valence-corrected chi connectivity index (χ2v) is 2.88. The van der Waals surface area contributed by atoms with E-state index in [2.05, 4.69) is 0 Å². The van der Waals surface area contributed by atoms with Crippen molar-refractivity contribution in [2.24, 2.45) is 11.5 Å². The zero-order valence-electron chi connectivity index (χ0n) is 7.40. The summed E-state index contributed by atoms with van der Waals surface area (Å²) in [7, 11) is 0. The Balaban J connectivity index is 3.21. The molecular formula is C9H11FN2O2. The van der Waals surface area contributed by atoms with Crippen LogP contribution in [-0.4, -0.2) is 17.6 Å². The van der Waals surface area contributed by atoms with Crippen LogP contribution in [0.25, 0.3) is 0 Å². The number of carboxylic acid groups (broad SMARTS) is 1. The first kappa shape index (κ1) is 10.6. The van der Waals surface area contributed by atoms with Crippen molar-refractivity contribution in [2.75, 3.05) is 6.54 Å². The second-order valence-electron chi connectivity index (χ2n) is 2.88. The third-order valence-corrected chi connectivity index (χ3v) is 1.90. The van der Waals surface area contributed by atoms with Gasteiger partial charge in [0.15, 0.2) is 0 Å². The van der Waals surface area contributed by atoms with E-state index in [9.17, 15) is 9.18 Å². The highest BCUT2D eigenvalue weighted by Gasteiger charge is 2.15. The molecule has 0 heterocycles. The number of nitrogens with two attached hydrogens (primary N) is 2. The minimum Gasteiger partial charge on any atom is -0.478 e. The first-order valence-corrected chi connectivity index (χ1v) is 4.04. The average Bonchev–Trinajstić information content (AvgIpc) is 2.16. The Kier molecular flexibility index (Phi) is 3.16. The molecule has 0 radical (unpaired) electrons. The van der Waals surface area contributed by atoms with Crippen molar-refractivity contribution in [1.29, 1.82) is 0 Å². The zero-order chi connectivity index (χ0) is 10.7. The lowest BCUT2D eigenvalue weighted by Gasteiger charge is -2.11. The Hall–Kier alpha value is -1.46. The summed E-state index contributed by atoms with van der Waals surface area (Å²) in [5, 5.41) is 8.77. The maximum atomic E-state index is 12.7. The summed E-state index contributed by atoms with van der Waals surface area (Å²) < 4.78 is 12.7. The predicted molar refractivity (Wildman–Crippen MR) is 49.3 cm³/mol. The van der Waals surface area contributed by atoms with Crippen LogP contribution in [0.5, 0.6) is 0 Å². The Morgan fingerprint density at radius 2 is 2.21 bits per heavy atom. The third-order valence-electron chi connectivity index (χ3n) is 1.90. The number of rotatable bonds is 3. The minimum atomic E-state index is -1.21. The van der Waals surface area contributed by atoms with E-state index >= 15 is 0 Å². The maximum Gasteiger partial charge on any atom is 0.336 e. The van der Waals surface area contributed by atoms with Crippen molar-refractivity contribution in [1.82, 2.24) is 0 Å². The largest absolute Gasteiger partial charge is 0.478 e. The lowest BCUT2D eigenvalue weighted by atomic mass is 10.0. The van der Waals surface area contributed by atoms with E-state index in [1.165, 1.54) is 6.07 Å². The highest BCUT2D eigenvalue weighted by molar-refractivity contribution is 5.89. The molecule has 1 atom stereocenters. The van der Waals surface area contributed by atoms with Gasteiger partial charge >= 0.3 is 5.97 Å². The monoisotopic (exact) mass is 198 g/mol. The van der Waals surface area contributed by atoms with Crippen molar-refractivity contribution in [2.45, 2.75) is 6.04 Å². The van der Waals surface area contributed by atoms with E-state index in [1.54, 1.807) is 0 Å². The van der Waals surface area contributed by atoms with Gasteiger partial charge in [-0.25, -0.2) is 9.18 Å². The molecule has 0 saturated carbocycles. The zero-order valence-corrected chi connectivity index (χ0v) is 7.40. The number of hydrogen-bond donors (Lipinski definition) is 3. The first-order valence-electron chi connectivity index (χ1n) is 4.04. The van der Waals surface area contributed by atoms with E-state index in [0.29, 0.717) is 5.56 Å². The second kappa shape index (κ2) is 4.17. The van der Waals surface area contributed by atoms with Crippen LogP contribution < -0.4 is 11.5 Å². The molecule has 0 amide bonds. The summed E-state index contributed by atoms with van der Waals surface area (Å²) in [6.07, 6.45) is 0. The summed E-state index contributed by atoms with van der Waals surface area (Å²) in [5.41, 5.74) is 11.1. The molecule has 4 nitrogen and oxygen atoms in total. The van der Waals surface area contributed by atoms with Crippen LogP contribution >= 0.6 is 0 Å². The summed E-state index contributed by atoms with van der Waals surface area (Å²) >= 11 is 0. The van der Waals surface area contributed by atoms with E-state index in [0.717, 1.165) is 12.1 Å². The molecule has 0 saturated heterocycles. The van der Waals surface area contributed by atoms with Crippen LogP contribution in [0.4, 0.5) is 4.39 Å². The fraction of sp³-hybridized carbons (Fsp3) is 0.222.